The molecule has 6 N–H and O–H groups in total. The molecule has 10 heteroatoms. The van der Waals surface area contributed by atoms with Gasteiger partial charge in [-0.05, 0) is 65.0 Å². The molecule has 0 radical (unpaired) electrons. The van der Waals surface area contributed by atoms with Crippen LogP contribution in [0, 0.1) is 17.2 Å². The quantitative estimate of drug-likeness (QED) is 0.148. The number of hydrogen-bond donors (Lipinski definition) is 5. The van der Waals surface area contributed by atoms with Crippen molar-refractivity contribution in [3.8, 4) is 0 Å². The zero-order valence-electron chi connectivity index (χ0n) is 27.0. The van der Waals surface area contributed by atoms with Crippen LogP contribution in [0.1, 0.15) is 86.5 Å². The fourth-order valence-corrected chi connectivity index (χ4v) is 9.62. The molecule has 9 nitrogen and oxygen atoms in total. The van der Waals surface area contributed by atoms with Gasteiger partial charge in [0.15, 0.2) is 0 Å². The second-order valence-electron chi connectivity index (χ2n) is 14.0. The van der Waals surface area contributed by atoms with Gasteiger partial charge in [-0.2, -0.15) is 0 Å². The van der Waals surface area contributed by atoms with E-state index in [1.165, 1.54) is 0 Å². The molecule has 0 bridgehead atoms. The number of nitrogens with two attached hydrogens (primary N) is 1. The standard InChI is InChI=1S/C37H47N5O4S/c38-34(39)28-17-15-25(16-18-28)23-40-36(44)37(21-31-19-29-13-7-8-14-30(29)20-32(31)22-37)41-35(43)33(27-11-5-2-6-12-27)42-47(45,46)24-26-9-3-1-4-10-26/h7-8,13-20,26-27,33,42H,1-6,9-12,21-24H2,(H3,38,39)(H,40,44)(H,41,43)/t33-/m1/s1. The van der Waals surface area contributed by atoms with E-state index in [9.17, 15) is 18.0 Å². The molecule has 2 saturated carbocycles. The maximum atomic E-state index is 14.4. The highest BCUT2D eigenvalue weighted by atomic mass is 32.2. The van der Waals surface area contributed by atoms with Gasteiger partial charge in [0.25, 0.3) is 0 Å². The highest BCUT2D eigenvalue weighted by Crippen LogP contribution is 2.35. The first-order chi connectivity index (χ1) is 22.6. The van der Waals surface area contributed by atoms with Gasteiger partial charge >= 0.3 is 0 Å². The van der Waals surface area contributed by atoms with Gasteiger partial charge in [-0.15, -0.1) is 0 Å². The number of carbonyl (C=O) groups is 2. The van der Waals surface area contributed by atoms with E-state index in [0.29, 0.717) is 18.4 Å². The van der Waals surface area contributed by atoms with Crippen LogP contribution in [0.15, 0.2) is 60.7 Å². The van der Waals surface area contributed by atoms with Crippen molar-refractivity contribution >= 4 is 38.4 Å². The van der Waals surface area contributed by atoms with Crippen LogP contribution in [0.5, 0.6) is 0 Å². The van der Waals surface area contributed by atoms with E-state index in [0.717, 1.165) is 91.7 Å². The largest absolute Gasteiger partial charge is 0.384 e. The fraction of sp³-hybridized carbons (Fsp3) is 0.486. The molecule has 0 saturated heterocycles. The van der Waals surface area contributed by atoms with Gasteiger partial charge in [-0.25, -0.2) is 13.1 Å². The summed E-state index contributed by atoms with van der Waals surface area (Å²) in [7, 11) is -3.72. The molecule has 47 heavy (non-hydrogen) atoms. The molecule has 3 aliphatic rings. The smallest absolute Gasteiger partial charge is 0.246 e. The summed E-state index contributed by atoms with van der Waals surface area (Å²) in [5.74, 6) is -0.750. The first-order valence-corrected chi connectivity index (χ1v) is 18.8. The maximum Gasteiger partial charge on any atom is 0.246 e. The molecule has 3 aromatic rings. The van der Waals surface area contributed by atoms with E-state index in [2.05, 4.69) is 27.5 Å². The van der Waals surface area contributed by atoms with E-state index < -0.39 is 27.5 Å². The number of sulfonamides is 1. The molecule has 1 atom stereocenters. The Morgan fingerprint density at radius 2 is 1.43 bits per heavy atom. The number of carbonyl (C=O) groups excluding carboxylic acids is 2. The molecular formula is C37H47N5O4S. The van der Waals surface area contributed by atoms with Gasteiger partial charge in [0.2, 0.25) is 21.8 Å². The minimum absolute atomic E-state index is 0.0276. The van der Waals surface area contributed by atoms with Gasteiger partial charge in [0.05, 0.1) is 5.75 Å². The van der Waals surface area contributed by atoms with E-state index >= 15 is 0 Å². The summed E-state index contributed by atoms with van der Waals surface area (Å²) in [6.07, 6.45) is 10.1. The van der Waals surface area contributed by atoms with E-state index in [1.54, 1.807) is 12.1 Å². The number of nitrogen functional groups attached to an aromatic ring is 1. The summed E-state index contributed by atoms with van der Waals surface area (Å²) in [5.41, 5.74) is 7.75. The van der Waals surface area contributed by atoms with Crippen LogP contribution < -0.4 is 21.1 Å². The summed E-state index contributed by atoms with van der Waals surface area (Å²) in [5, 5.41) is 16.0. The van der Waals surface area contributed by atoms with Crippen LogP contribution in [-0.4, -0.2) is 43.4 Å². The monoisotopic (exact) mass is 657 g/mol. The SMILES string of the molecule is N=C(N)c1ccc(CNC(=O)C2(NC(=O)[C@H](NS(=O)(=O)CC3CCCCC3)C3CCCCC3)Cc3cc4ccccc4cc3C2)cc1. The minimum Gasteiger partial charge on any atom is -0.384 e. The van der Waals surface area contributed by atoms with Crippen LogP contribution in [0.4, 0.5) is 0 Å². The number of nitrogens with one attached hydrogen (secondary N) is 4. The second-order valence-corrected chi connectivity index (χ2v) is 15.8. The minimum atomic E-state index is -3.72. The Balaban J connectivity index is 1.27. The third-order valence-electron chi connectivity index (χ3n) is 10.5. The molecule has 3 aromatic carbocycles. The average Bonchev–Trinajstić information content (AvgIpc) is 3.43. The lowest BCUT2D eigenvalue weighted by molar-refractivity contribution is -0.135. The number of hydrogen-bond acceptors (Lipinski definition) is 5. The van der Waals surface area contributed by atoms with Crippen molar-refractivity contribution in [2.24, 2.45) is 17.6 Å². The lowest BCUT2D eigenvalue weighted by Crippen LogP contribution is -2.64. The number of rotatable bonds is 11. The lowest BCUT2D eigenvalue weighted by Gasteiger charge is -2.35. The van der Waals surface area contributed by atoms with Crippen molar-refractivity contribution in [3.05, 3.63) is 82.9 Å². The van der Waals surface area contributed by atoms with Crippen LogP contribution in [0.2, 0.25) is 0 Å². The highest BCUT2D eigenvalue weighted by Gasteiger charge is 2.47. The summed E-state index contributed by atoms with van der Waals surface area (Å²) in [6, 6.07) is 18.4. The van der Waals surface area contributed by atoms with Crippen molar-refractivity contribution < 1.29 is 18.0 Å². The molecule has 250 valence electrons. The van der Waals surface area contributed by atoms with Gasteiger partial charge in [0, 0.05) is 24.9 Å². The summed E-state index contributed by atoms with van der Waals surface area (Å²) < 4.78 is 30.0. The molecule has 0 heterocycles. The predicted molar refractivity (Wildman–Crippen MR) is 185 cm³/mol. The Morgan fingerprint density at radius 1 is 0.851 bits per heavy atom. The van der Waals surface area contributed by atoms with Crippen LogP contribution in [0.25, 0.3) is 10.8 Å². The summed E-state index contributed by atoms with van der Waals surface area (Å²) in [4.78, 5) is 28.6. The average molecular weight is 658 g/mol. The zero-order chi connectivity index (χ0) is 33.0. The number of amidine groups is 1. The number of amides is 2. The van der Waals surface area contributed by atoms with Gasteiger partial charge in [-0.1, -0.05) is 99.2 Å². The second kappa shape index (κ2) is 14.2. The van der Waals surface area contributed by atoms with Gasteiger partial charge in [-0.3, -0.25) is 15.0 Å². The Morgan fingerprint density at radius 3 is 2.00 bits per heavy atom. The molecular weight excluding hydrogens is 611 g/mol. The topological polar surface area (TPSA) is 154 Å². The van der Waals surface area contributed by atoms with E-state index in [4.69, 9.17) is 11.1 Å². The Labute approximate surface area is 278 Å². The van der Waals surface area contributed by atoms with E-state index in [-0.39, 0.29) is 35.9 Å². The first kappa shape index (κ1) is 33.2. The van der Waals surface area contributed by atoms with Gasteiger partial charge in [0.1, 0.15) is 17.4 Å². The maximum absolute atomic E-state index is 14.4. The van der Waals surface area contributed by atoms with Crippen molar-refractivity contribution in [2.45, 2.75) is 95.2 Å². The normalized spacial score (nSPS) is 19.1. The predicted octanol–water partition coefficient (Wildman–Crippen LogP) is 4.84. The lowest BCUT2D eigenvalue weighted by atomic mass is 9.83. The third-order valence-corrected chi connectivity index (χ3v) is 12.0. The number of fused-ring (bicyclic) bond motifs is 2. The number of benzene rings is 3. The van der Waals surface area contributed by atoms with E-state index in [1.807, 2.05) is 36.4 Å². The van der Waals surface area contributed by atoms with Crippen molar-refractivity contribution in [1.82, 2.24) is 15.4 Å². The van der Waals surface area contributed by atoms with Crippen molar-refractivity contribution in [2.75, 3.05) is 5.75 Å². The van der Waals surface area contributed by atoms with Crippen molar-refractivity contribution in [1.29, 1.82) is 5.41 Å². The molecule has 2 amide bonds. The van der Waals surface area contributed by atoms with Crippen molar-refractivity contribution in [3.63, 3.8) is 0 Å². The molecule has 2 fully saturated rings. The van der Waals surface area contributed by atoms with Crippen LogP contribution in [-0.2, 0) is 39.0 Å². The fourth-order valence-electron chi connectivity index (χ4n) is 7.89. The molecule has 3 aliphatic carbocycles. The first-order valence-electron chi connectivity index (χ1n) is 17.1. The zero-order valence-corrected chi connectivity index (χ0v) is 27.8. The molecule has 0 unspecified atom stereocenters. The molecule has 0 aromatic heterocycles. The molecule has 0 aliphatic heterocycles. The van der Waals surface area contributed by atoms with Crippen LogP contribution in [0.3, 0.4) is 0 Å². The molecule has 0 spiro atoms. The summed E-state index contributed by atoms with van der Waals surface area (Å²) in [6.45, 7) is 0.229. The summed E-state index contributed by atoms with van der Waals surface area (Å²) >= 11 is 0. The molecule has 6 rings (SSSR count). The highest BCUT2D eigenvalue weighted by molar-refractivity contribution is 7.89. The Hall–Kier alpha value is -3.76. The Kier molecular flexibility index (Phi) is 9.98. The Bertz CT molecular complexity index is 1680. The van der Waals surface area contributed by atoms with Crippen LogP contribution >= 0.6 is 0 Å². The third kappa shape index (κ3) is 7.87. The van der Waals surface area contributed by atoms with Gasteiger partial charge < -0.3 is 16.4 Å².